The Labute approximate surface area is 104 Å². The third-order valence-electron chi connectivity index (χ3n) is 1.76. The van der Waals surface area contributed by atoms with Crippen LogP contribution in [0.1, 0.15) is 12.5 Å². The number of carbonyl (C=O) groups excluding carboxylic acids is 1. The summed E-state index contributed by atoms with van der Waals surface area (Å²) in [6.07, 6.45) is 0.195. The molecule has 0 fully saturated rings. The number of hydrogen-bond acceptors (Lipinski definition) is 3. The third kappa shape index (κ3) is 4.34. The maximum absolute atomic E-state index is 11.3. The van der Waals surface area contributed by atoms with E-state index in [-0.39, 0.29) is 29.8 Å². The quantitative estimate of drug-likeness (QED) is 0.857. The van der Waals surface area contributed by atoms with Crippen LogP contribution in [0.3, 0.4) is 0 Å². The van der Waals surface area contributed by atoms with Crippen LogP contribution in [0.2, 0.25) is 10.3 Å². The average Bonchev–Trinajstić information content (AvgIpc) is 2.09. The molecule has 0 aliphatic carbocycles. The highest BCUT2D eigenvalue weighted by Crippen LogP contribution is 2.17. The van der Waals surface area contributed by atoms with Crippen LogP contribution in [-0.2, 0) is 11.2 Å². The fourth-order valence-electron chi connectivity index (χ4n) is 0.922. The maximum atomic E-state index is 11.3. The molecule has 1 rings (SSSR count). The van der Waals surface area contributed by atoms with E-state index >= 15 is 0 Å². The number of pyridine rings is 1. The summed E-state index contributed by atoms with van der Waals surface area (Å²) in [5.41, 5.74) is 6.08. The van der Waals surface area contributed by atoms with Crippen LogP contribution in [-0.4, -0.2) is 16.8 Å². The molecule has 0 bridgehead atoms. The van der Waals surface area contributed by atoms with Gasteiger partial charge in [-0.2, -0.15) is 0 Å². The van der Waals surface area contributed by atoms with Gasteiger partial charge in [0, 0.05) is 6.42 Å². The van der Waals surface area contributed by atoms with Gasteiger partial charge >= 0.3 is 0 Å². The van der Waals surface area contributed by atoms with Gasteiger partial charge in [-0.1, -0.05) is 29.3 Å². The lowest BCUT2D eigenvalue weighted by Gasteiger charge is -2.05. The molecule has 3 nitrogen and oxygen atoms in total. The molecule has 84 valence electrons. The van der Waals surface area contributed by atoms with E-state index in [0.717, 1.165) is 0 Å². The van der Waals surface area contributed by atoms with E-state index in [1.807, 2.05) is 0 Å². The largest absolute Gasteiger partial charge is 0.322 e. The Kier molecular flexibility index (Phi) is 6.13. The zero-order valence-electron chi connectivity index (χ0n) is 8.04. The molecule has 0 aliphatic heterocycles. The Morgan fingerprint density at radius 1 is 1.53 bits per heavy atom. The van der Waals surface area contributed by atoms with E-state index in [1.165, 1.54) is 0 Å². The molecule has 1 aromatic heterocycles. The fourth-order valence-corrected chi connectivity index (χ4v) is 1.33. The highest BCUT2D eigenvalue weighted by molar-refractivity contribution is 6.33. The van der Waals surface area contributed by atoms with E-state index in [2.05, 4.69) is 4.98 Å². The molecule has 2 N–H and O–H groups in total. The van der Waals surface area contributed by atoms with Crippen LogP contribution >= 0.6 is 35.6 Å². The molecular formula is C9H11Cl3N2O. The second-order valence-corrected chi connectivity index (χ2v) is 3.76. The minimum absolute atomic E-state index is 0. The van der Waals surface area contributed by atoms with Gasteiger partial charge in [-0.15, -0.1) is 12.4 Å². The van der Waals surface area contributed by atoms with E-state index < -0.39 is 6.04 Å². The minimum Gasteiger partial charge on any atom is -0.322 e. The third-order valence-corrected chi connectivity index (χ3v) is 2.30. The Hall–Kier alpha value is -0.350. The Balaban J connectivity index is 0.00000196. The van der Waals surface area contributed by atoms with Gasteiger partial charge in [-0.3, -0.25) is 4.79 Å². The Morgan fingerprint density at radius 3 is 2.60 bits per heavy atom. The van der Waals surface area contributed by atoms with Crippen molar-refractivity contribution in [2.24, 2.45) is 5.73 Å². The van der Waals surface area contributed by atoms with Crippen molar-refractivity contribution in [1.29, 1.82) is 0 Å². The highest BCUT2D eigenvalue weighted by Gasteiger charge is 2.11. The van der Waals surface area contributed by atoms with E-state index in [4.69, 9.17) is 28.9 Å². The van der Waals surface area contributed by atoms with Crippen molar-refractivity contribution >= 4 is 41.4 Å². The van der Waals surface area contributed by atoms with Crippen LogP contribution in [0, 0.1) is 0 Å². The second-order valence-electron chi connectivity index (χ2n) is 3.02. The number of hydrogen-bond donors (Lipinski definition) is 1. The predicted octanol–water partition coefficient (Wildman–Crippen LogP) is 2.27. The summed E-state index contributed by atoms with van der Waals surface area (Å²) in [6, 6.07) is 2.79. The number of nitrogens with zero attached hydrogens (tertiary/aromatic N) is 1. The summed E-state index contributed by atoms with van der Waals surface area (Å²) in [5, 5.41) is 0.568. The summed E-state index contributed by atoms with van der Waals surface area (Å²) >= 11 is 11.4. The lowest BCUT2D eigenvalue weighted by Crippen LogP contribution is -2.28. The lowest BCUT2D eigenvalue weighted by molar-refractivity contribution is -0.119. The summed E-state index contributed by atoms with van der Waals surface area (Å²) in [6.45, 7) is 1.64. The van der Waals surface area contributed by atoms with E-state index in [1.54, 1.807) is 19.1 Å². The molecule has 15 heavy (non-hydrogen) atoms. The molecule has 0 unspecified atom stereocenters. The van der Waals surface area contributed by atoms with Gasteiger partial charge in [0.25, 0.3) is 0 Å². The van der Waals surface area contributed by atoms with Crippen LogP contribution < -0.4 is 5.73 Å². The van der Waals surface area contributed by atoms with E-state index in [9.17, 15) is 4.79 Å². The Morgan fingerprint density at radius 2 is 2.13 bits per heavy atom. The molecule has 1 heterocycles. The zero-order valence-corrected chi connectivity index (χ0v) is 10.4. The van der Waals surface area contributed by atoms with Crippen LogP contribution in [0.4, 0.5) is 0 Å². The normalized spacial score (nSPS) is 11.7. The molecule has 0 spiro atoms. The van der Waals surface area contributed by atoms with E-state index in [0.29, 0.717) is 10.7 Å². The van der Waals surface area contributed by atoms with Crippen molar-refractivity contribution in [1.82, 2.24) is 4.98 Å². The Bertz CT molecular complexity index is 355. The van der Waals surface area contributed by atoms with Crippen molar-refractivity contribution in [3.05, 3.63) is 28.0 Å². The van der Waals surface area contributed by atoms with Gasteiger partial charge in [0.15, 0.2) is 5.78 Å². The SMILES string of the molecule is C[C@@H](N)C(=O)Cc1ccc(Cl)nc1Cl.Cl. The molecule has 0 radical (unpaired) electrons. The topological polar surface area (TPSA) is 56.0 Å². The predicted molar refractivity (Wildman–Crippen MR) is 63.9 cm³/mol. The number of aromatic nitrogens is 1. The second kappa shape index (κ2) is 6.28. The standard InChI is InChI=1S/C9H10Cl2N2O.ClH/c1-5(12)7(14)4-6-2-3-8(10)13-9(6)11;/h2-3,5H,4,12H2,1H3;1H/t5-;/m1./s1. The van der Waals surface area contributed by atoms with Crippen LogP contribution in [0.5, 0.6) is 0 Å². The fraction of sp³-hybridized carbons (Fsp3) is 0.333. The number of rotatable bonds is 3. The monoisotopic (exact) mass is 268 g/mol. The van der Waals surface area contributed by atoms with Crippen molar-refractivity contribution in [2.45, 2.75) is 19.4 Å². The van der Waals surface area contributed by atoms with Gasteiger partial charge in [0.05, 0.1) is 6.04 Å². The molecule has 1 atom stereocenters. The first-order valence-electron chi connectivity index (χ1n) is 4.10. The highest BCUT2D eigenvalue weighted by atomic mass is 35.5. The summed E-state index contributed by atoms with van der Waals surface area (Å²) in [4.78, 5) is 15.1. The summed E-state index contributed by atoms with van der Waals surface area (Å²) in [7, 11) is 0. The number of nitrogens with two attached hydrogens (primary N) is 1. The number of Topliss-reactive ketones (excluding diaryl/α,β-unsaturated/α-hetero) is 1. The van der Waals surface area contributed by atoms with Gasteiger partial charge in [0.1, 0.15) is 10.3 Å². The number of halogens is 3. The van der Waals surface area contributed by atoms with Crippen LogP contribution in [0.25, 0.3) is 0 Å². The maximum Gasteiger partial charge on any atom is 0.153 e. The van der Waals surface area contributed by atoms with Crippen molar-refractivity contribution < 1.29 is 4.79 Å². The van der Waals surface area contributed by atoms with Gasteiger partial charge < -0.3 is 5.73 Å². The molecule has 0 saturated heterocycles. The van der Waals surface area contributed by atoms with Crippen molar-refractivity contribution in [3.63, 3.8) is 0 Å². The van der Waals surface area contributed by atoms with Gasteiger partial charge in [0.2, 0.25) is 0 Å². The minimum atomic E-state index is -0.484. The number of ketones is 1. The first-order chi connectivity index (χ1) is 6.50. The molecular weight excluding hydrogens is 258 g/mol. The first-order valence-corrected chi connectivity index (χ1v) is 4.85. The van der Waals surface area contributed by atoms with Gasteiger partial charge in [-0.25, -0.2) is 4.98 Å². The van der Waals surface area contributed by atoms with Crippen molar-refractivity contribution in [3.8, 4) is 0 Å². The lowest BCUT2D eigenvalue weighted by atomic mass is 10.1. The zero-order chi connectivity index (χ0) is 10.7. The molecule has 1 aromatic rings. The average molecular weight is 270 g/mol. The summed E-state index contributed by atoms with van der Waals surface area (Å²) < 4.78 is 0. The first kappa shape index (κ1) is 14.6. The smallest absolute Gasteiger partial charge is 0.153 e. The van der Waals surface area contributed by atoms with Gasteiger partial charge in [-0.05, 0) is 18.6 Å². The summed E-state index contributed by atoms with van der Waals surface area (Å²) in [5.74, 6) is -0.0731. The molecule has 0 saturated carbocycles. The molecule has 0 aromatic carbocycles. The number of carbonyl (C=O) groups is 1. The molecule has 0 amide bonds. The molecule has 6 heteroatoms. The molecule has 0 aliphatic rings. The van der Waals surface area contributed by atoms with Crippen molar-refractivity contribution in [2.75, 3.05) is 0 Å². The van der Waals surface area contributed by atoms with Crippen LogP contribution in [0.15, 0.2) is 12.1 Å².